The van der Waals surface area contributed by atoms with Gasteiger partial charge in [-0.2, -0.15) is 0 Å². The van der Waals surface area contributed by atoms with E-state index < -0.39 is 23.9 Å². The van der Waals surface area contributed by atoms with E-state index in [1.165, 1.54) is 12.4 Å². The predicted molar refractivity (Wildman–Crippen MR) is 124 cm³/mol. The van der Waals surface area contributed by atoms with E-state index in [4.69, 9.17) is 26.5 Å². The molecule has 4 N–H and O–H groups in total. The Labute approximate surface area is 199 Å². The number of ether oxygens (including phenoxy) is 2. The average molecular weight is 489 g/mol. The number of nitrogens with zero attached hydrogens (tertiary/aromatic N) is 3. The Balaban J connectivity index is 1.85. The molecule has 0 aliphatic carbocycles. The van der Waals surface area contributed by atoms with Crippen molar-refractivity contribution in [1.82, 2.24) is 15.0 Å². The summed E-state index contributed by atoms with van der Waals surface area (Å²) >= 11 is 6.19. The molecule has 2 unspecified atom stereocenters. The molecule has 10 nitrogen and oxygen atoms in total. The van der Waals surface area contributed by atoms with Gasteiger partial charge in [-0.15, -0.1) is 0 Å². The Morgan fingerprint density at radius 3 is 2.74 bits per heavy atom. The molecule has 1 aromatic carbocycles. The van der Waals surface area contributed by atoms with Gasteiger partial charge in [-0.25, -0.2) is 19.3 Å². The minimum absolute atomic E-state index is 0.0629. The number of aromatic nitrogens is 3. The first-order valence-corrected chi connectivity index (χ1v) is 10.5. The van der Waals surface area contributed by atoms with Crippen LogP contribution in [0.2, 0.25) is 5.02 Å². The van der Waals surface area contributed by atoms with E-state index in [0.717, 1.165) is 18.5 Å². The molecule has 178 valence electrons. The van der Waals surface area contributed by atoms with E-state index in [0.29, 0.717) is 10.7 Å². The summed E-state index contributed by atoms with van der Waals surface area (Å²) < 4.78 is 24.4. The molecule has 0 bridgehead atoms. The van der Waals surface area contributed by atoms with Crippen molar-refractivity contribution < 1.29 is 23.8 Å². The molecular weight excluding hydrogens is 467 g/mol. The quantitative estimate of drug-likeness (QED) is 0.301. The van der Waals surface area contributed by atoms with Crippen LogP contribution >= 0.6 is 11.6 Å². The second-order valence-electron chi connectivity index (χ2n) is 6.97. The van der Waals surface area contributed by atoms with Crippen LogP contribution in [0.4, 0.5) is 21.7 Å². The number of carbonyl (C=O) groups excluding carboxylic acids is 1. The van der Waals surface area contributed by atoms with Crippen LogP contribution in [0, 0.1) is 11.2 Å². The number of aliphatic hydroxyl groups is 1. The minimum Gasteiger partial charge on any atom is -0.461 e. The van der Waals surface area contributed by atoms with Crippen LogP contribution in [0.1, 0.15) is 12.5 Å². The molecule has 1 amide bonds. The first-order valence-electron chi connectivity index (χ1n) is 10.1. The fraction of sp³-hybridized carbons (Fsp3) is 0.227. The zero-order valence-corrected chi connectivity index (χ0v) is 18.8. The summed E-state index contributed by atoms with van der Waals surface area (Å²) in [5, 5.41) is 23.0. The van der Waals surface area contributed by atoms with Gasteiger partial charge in [-0.3, -0.25) is 4.79 Å². The summed E-state index contributed by atoms with van der Waals surface area (Å²) in [6.07, 6.45) is 1.33. The van der Waals surface area contributed by atoms with Crippen molar-refractivity contribution in [1.29, 1.82) is 5.41 Å². The van der Waals surface area contributed by atoms with Crippen molar-refractivity contribution in [2.75, 3.05) is 23.8 Å². The van der Waals surface area contributed by atoms with Gasteiger partial charge in [0.2, 0.25) is 12.0 Å². The second-order valence-corrected chi connectivity index (χ2v) is 7.38. The molecule has 2 atom stereocenters. The third-order valence-corrected chi connectivity index (χ3v) is 4.76. The van der Waals surface area contributed by atoms with E-state index in [1.807, 2.05) is 0 Å². The molecule has 0 aliphatic rings. The maximum atomic E-state index is 13.1. The number of anilines is 3. The van der Waals surface area contributed by atoms with Crippen LogP contribution in [0.25, 0.3) is 0 Å². The third kappa shape index (κ3) is 6.67. The van der Waals surface area contributed by atoms with Gasteiger partial charge in [-0.05, 0) is 31.2 Å². The van der Waals surface area contributed by atoms with Crippen molar-refractivity contribution in [2.24, 2.45) is 0 Å². The van der Waals surface area contributed by atoms with Gasteiger partial charge in [0.1, 0.15) is 23.8 Å². The molecule has 3 rings (SSSR count). The van der Waals surface area contributed by atoms with Gasteiger partial charge >= 0.3 is 0 Å². The Hall–Kier alpha value is -3.67. The lowest BCUT2D eigenvalue weighted by atomic mass is 10.2. The summed E-state index contributed by atoms with van der Waals surface area (Å²) in [5.41, 5.74) is 0.712. The minimum atomic E-state index is -1.25. The predicted octanol–water partition coefficient (Wildman–Crippen LogP) is 3.19. The Morgan fingerprint density at radius 2 is 2.06 bits per heavy atom. The van der Waals surface area contributed by atoms with E-state index >= 15 is 0 Å². The van der Waals surface area contributed by atoms with Gasteiger partial charge in [0.05, 0.1) is 41.8 Å². The smallest absolute Gasteiger partial charge is 0.269 e. The molecule has 0 saturated heterocycles. The standard InChI is InChI=1S/C22H22ClFN6O4/c1-13(10-31)33-11-18(21(32)30-19-7-6-14(24)9-26-19)34-22-15(8-25)20(27-12-28-22)29-17-5-3-2-4-16(17)23/h2-9,12-13,18,25,31H,10-11H2,1H3,(H,26,30,32)(H,27,28,29). The summed E-state index contributed by atoms with van der Waals surface area (Å²) in [5.74, 6) is -0.934. The summed E-state index contributed by atoms with van der Waals surface area (Å²) in [7, 11) is 0. The van der Waals surface area contributed by atoms with Crippen LogP contribution in [-0.4, -0.2) is 57.6 Å². The summed E-state index contributed by atoms with van der Waals surface area (Å²) in [6, 6.07) is 9.41. The highest BCUT2D eigenvalue weighted by Gasteiger charge is 2.25. The van der Waals surface area contributed by atoms with E-state index in [9.17, 15) is 14.3 Å². The number of pyridine rings is 1. The maximum absolute atomic E-state index is 13.1. The number of aliphatic hydroxyl groups excluding tert-OH is 1. The number of halogens is 2. The van der Waals surface area contributed by atoms with E-state index in [2.05, 4.69) is 25.6 Å². The first-order chi connectivity index (χ1) is 16.4. The largest absolute Gasteiger partial charge is 0.461 e. The number of amides is 1. The van der Waals surface area contributed by atoms with Crippen LogP contribution < -0.4 is 15.4 Å². The second kappa shape index (κ2) is 12.0. The normalized spacial score (nSPS) is 12.5. The molecule has 3 aromatic rings. The number of hydrogen-bond donors (Lipinski definition) is 4. The fourth-order valence-electron chi connectivity index (χ4n) is 2.65. The Morgan fingerprint density at radius 1 is 1.26 bits per heavy atom. The highest BCUT2D eigenvalue weighted by Crippen LogP contribution is 2.28. The zero-order chi connectivity index (χ0) is 24.5. The lowest BCUT2D eigenvalue weighted by molar-refractivity contribution is -0.127. The Kier molecular flexibility index (Phi) is 8.79. The highest BCUT2D eigenvalue weighted by atomic mass is 35.5. The van der Waals surface area contributed by atoms with Crippen molar-refractivity contribution >= 4 is 41.0 Å². The number of benzene rings is 1. The van der Waals surface area contributed by atoms with Crippen molar-refractivity contribution in [3.63, 3.8) is 0 Å². The van der Waals surface area contributed by atoms with Crippen molar-refractivity contribution in [3.8, 4) is 5.88 Å². The maximum Gasteiger partial charge on any atom is 0.269 e. The topological polar surface area (TPSA) is 142 Å². The van der Waals surface area contributed by atoms with Crippen LogP contribution in [0.15, 0.2) is 48.9 Å². The molecule has 0 spiro atoms. The van der Waals surface area contributed by atoms with Crippen molar-refractivity contribution in [2.45, 2.75) is 19.1 Å². The fourth-order valence-corrected chi connectivity index (χ4v) is 2.83. The van der Waals surface area contributed by atoms with Gasteiger partial charge < -0.3 is 30.6 Å². The number of nitrogens with one attached hydrogen (secondary N) is 3. The molecule has 0 fully saturated rings. The SMILES string of the molecule is CC(CO)OCC(Oc1ncnc(Nc2ccccc2Cl)c1C=N)C(=O)Nc1ccc(F)cn1. The van der Waals surface area contributed by atoms with Gasteiger partial charge in [-0.1, -0.05) is 23.7 Å². The summed E-state index contributed by atoms with van der Waals surface area (Å²) in [6.45, 7) is 1.11. The lowest BCUT2D eigenvalue weighted by Gasteiger charge is -2.21. The molecule has 0 saturated carbocycles. The molecule has 2 aromatic heterocycles. The van der Waals surface area contributed by atoms with Gasteiger partial charge in [0, 0.05) is 6.21 Å². The van der Waals surface area contributed by atoms with E-state index in [1.54, 1.807) is 31.2 Å². The summed E-state index contributed by atoms with van der Waals surface area (Å²) in [4.78, 5) is 24.9. The molecular formula is C22H22ClFN6O4. The molecule has 2 heterocycles. The lowest BCUT2D eigenvalue weighted by Crippen LogP contribution is -2.39. The number of carbonyl (C=O) groups is 1. The Bertz CT molecular complexity index is 1130. The van der Waals surface area contributed by atoms with Crippen LogP contribution in [-0.2, 0) is 9.53 Å². The van der Waals surface area contributed by atoms with Crippen molar-refractivity contribution in [3.05, 3.63) is 65.3 Å². The third-order valence-electron chi connectivity index (χ3n) is 4.43. The number of para-hydroxylation sites is 1. The van der Waals surface area contributed by atoms with Crippen LogP contribution in [0.3, 0.4) is 0 Å². The number of hydrogen-bond acceptors (Lipinski definition) is 9. The molecule has 12 heteroatoms. The zero-order valence-electron chi connectivity index (χ0n) is 18.0. The van der Waals surface area contributed by atoms with Gasteiger partial charge in [0.25, 0.3) is 5.91 Å². The monoisotopic (exact) mass is 488 g/mol. The van der Waals surface area contributed by atoms with Crippen LogP contribution in [0.5, 0.6) is 5.88 Å². The number of rotatable bonds is 11. The first kappa shape index (κ1) is 25.0. The molecule has 0 aliphatic heterocycles. The highest BCUT2D eigenvalue weighted by molar-refractivity contribution is 6.33. The molecule has 0 radical (unpaired) electrons. The average Bonchev–Trinajstić information content (AvgIpc) is 2.84. The van der Waals surface area contributed by atoms with E-state index in [-0.39, 0.29) is 36.3 Å². The van der Waals surface area contributed by atoms with Gasteiger partial charge in [0.15, 0.2) is 0 Å². The molecule has 34 heavy (non-hydrogen) atoms.